The summed E-state index contributed by atoms with van der Waals surface area (Å²) in [6, 6.07) is 24.5. The van der Waals surface area contributed by atoms with Crippen molar-refractivity contribution in [2.45, 2.75) is 130 Å². The van der Waals surface area contributed by atoms with Crippen LogP contribution in [0.5, 0.6) is 23.0 Å². The molecule has 0 saturated heterocycles. The smallest absolute Gasteiger partial charge is 0.264 e. The van der Waals surface area contributed by atoms with E-state index in [0.717, 1.165) is 131 Å². The lowest BCUT2D eigenvalue weighted by Crippen LogP contribution is -2.14. The molecule has 4 heterocycles. The van der Waals surface area contributed by atoms with Crippen LogP contribution in [0, 0.1) is 0 Å². The minimum atomic E-state index is -0.119. The lowest BCUT2D eigenvalue weighted by molar-refractivity contribution is 0.259. The first kappa shape index (κ1) is 45.7. The Hall–Kier alpha value is -6.68. The molecule has 7 aromatic carbocycles. The molecule has 0 aliphatic heterocycles. The Bertz CT molecular complexity index is 3530. The fourth-order valence-electron chi connectivity index (χ4n) is 11.1. The van der Waals surface area contributed by atoms with Gasteiger partial charge in [0, 0.05) is 56.6 Å². The second-order valence-corrected chi connectivity index (χ2v) is 19.5. The number of fused-ring (bicyclic) bond motifs is 10. The van der Waals surface area contributed by atoms with Gasteiger partial charge in [-0.05, 0) is 82.3 Å². The topological polar surface area (TPSA) is 106 Å². The molecule has 0 aliphatic carbocycles. The van der Waals surface area contributed by atoms with E-state index in [2.05, 4.69) is 64.1 Å². The number of unbranched alkanes of at least 4 members (excludes halogenated alkanes) is 12. The van der Waals surface area contributed by atoms with Gasteiger partial charge in [0.05, 0.1) is 48.5 Å². The van der Waals surface area contributed by atoms with E-state index < -0.39 is 0 Å². The summed E-state index contributed by atoms with van der Waals surface area (Å²) in [5.41, 5.74) is 3.79. The molecule has 0 unspecified atom stereocenters. The number of pyridine rings is 2. The molecule has 10 heteroatoms. The van der Waals surface area contributed by atoms with Gasteiger partial charge in [-0.2, -0.15) is 0 Å². The average Bonchev–Trinajstić information content (AvgIpc) is 3.95. The van der Waals surface area contributed by atoms with Crippen LogP contribution in [0.3, 0.4) is 0 Å². The van der Waals surface area contributed by atoms with Gasteiger partial charge in [-0.1, -0.05) is 129 Å². The van der Waals surface area contributed by atoms with Crippen molar-refractivity contribution in [2.24, 2.45) is 0 Å². The summed E-state index contributed by atoms with van der Waals surface area (Å²) in [5, 5.41) is 11.0. The van der Waals surface area contributed by atoms with Crippen LogP contribution in [0.15, 0.2) is 82.4 Å². The summed E-state index contributed by atoms with van der Waals surface area (Å²) in [6.07, 6.45) is 17.6. The normalized spacial score (nSPS) is 12.4. The average molecular weight is 937 g/mol. The molecule has 0 fully saturated rings. The molecule has 0 spiro atoms. The third-order valence-corrected chi connectivity index (χ3v) is 14.7. The fraction of sp³-hybridized carbons (Fsp3) is 0.400. The number of rotatable bonds is 24. The van der Waals surface area contributed by atoms with E-state index in [1.165, 1.54) is 25.7 Å². The molecule has 0 amide bonds. The summed E-state index contributed by atoms with van der Waals surface area (Å²) < 4.78 is 29.1. The Morgan fingerprint density at radius 1 is 0.357 bits per heavy atom. The van der Waals surface area contributed by atoms with Gasteiger partial charge < -0.3 is 18.9 Å². The van der Waals surface area contributed by atoms with E-state index >= 15 is 0 Å². The third-order valence-electron chi connectivity index (χ3n) is 14.7. The van der Waals surface area contributed by atoms with E-state index in [0.29, 0.717) is 93.6 Å². The first-order chi connectivity index (χ1) is 34.4. The van der Waals surface area contributed by atoms with Crippen molar-refractivity contribution in [2.75, 3.05) is 26.4 Å². The zero-order valence-electron chi connectivity index (χ0n) is 41.3. The minimum absolute atomic E-state index is 0.119. The molecule has 360 valence electrons. The molecular formula is C60H64N4O6. The van der Waals surface area contributed by atoms with Crippen LogP contribution in [0.2, 0.25) is 0 Å². The summed E-state index contributed by atoms with van der Waals surface area (Å²) in [7, 11) is 0. The summed E-state index contributed by atoms with van der Waals surface area (Å²) in [5.74, 6) is 2.63. The third kappa shape index (κ3) is 7.78. The molecule has 0 radical (unpaired) electrons. The van der Waals surface area contributed by atoms with E-state index in [-0.39, 0.29) is 11.1 Å². The summed E-state index contributed by atoms with van der Waals surface area (Å²) in [4.78, 5) is 40.2. The number of ether oxygens (including phenoxy) is 4. The van der Waals surface area contributed by atoms with Gasteiger partial charge in [-0.25, -0.2) is 9.97 Å². The molecular weight excluding hydrogens is 873 g/mol. The number of benzene rings is 7. The zero-order chi connectivity index (χ0) is 47.9. The van der Waals surface area contributed by atoms with Crippen LogP contribution in [0.1, 0.15) is 130 Å². The molecule has 11 rings (SSSR count). The molecule has 0 aliphatic rings. The number of hydrogen-bond donors (Lipinski definition) is 0. The molecule has 11 aromatic rings. The highest BCUT2D eigenvalue weighted by molar-refractivity contribution is 6.40. The summed E-state index contributed by atoms with van der Waals surface area (Å²) >= 11 is 0. The van der Waals surface area contributed by atoms with Crippen LogP contribution >= 0.6 is 0 Å². The Kier molecular flexibility index (Phi) is 12.8. The van der Waals surface area contributed by atoms with Gasteiger partial charge in [0.25, 0.3) is 11.1 Å². The van der Waals surface area contributed by atoms with Crippen molar-refractivity contribution < 1.29 is 18.9 Å². The van der Waals surface area contributed by atoms with Crippen molar-refractivity contribution >= 4 is 98.0 Å². The standard InChI is InChI=1S/C60H64N4O6/c1-5-9-13-17-29-67-49-33-45-47(35-51(49)69-31-19-15-11-7-3)63-57(61-45)41-25-21-37-40-24-28-44-56-42(26-22-38(54(40)56)39-23-27-43(59(63)65)55(41)53(37)39)58-62-46-34-50(68-30-18-14-10-6-2)52(70-32-20-16-12-8-4)36-48(46)64(58)60(44)66/h21-28,33-36H,5-20,29-32H2,1-4H3. The Labute approximate surface area is 407 Å². The van der Waals surface area contributed by atoms with E-state index in [1.807, 2.05) is 36.4 Å². The minimum Gasteiger partial charge on any atom is -0.490 e. The van der Waals surface area contributed by atoms with Crippen molar-refractivity contribution in [1.29, 1.82) is 0 Å². The van der Waals surface area contributed by atoms with Crippen LogP contribution < -0.4 is 30.1 Å². The molecule has 0 N–H and O–H groups in total. The molecule has 4 aromatic heterocycles. The van der Waals surface area contributed by atoms with Crippen LogP contribution in [0.25, 0.3) is 98.0 Å². The maximum atomic E-state index is 14.9. The predicted octanol–water partition coefficient (Wildman–Crippen LogP) is 15.1. The molecule has 10 nitrogen and oxygen atoms in total. The maximum Gasteiger partial charge on any atom is 0.264 e. The molecule has 0 saturated carbocycles. The van der Waals surface area contributed by atoms with Gasteiger partial charge in [0.1, 0.15) is 11.3 Å². The fourth-order valence-corrected chi connectivity index (χ4v) is 11.1. The molecule has 70 heavy (non-hydrogen) atoms. The molecule has 0 bridgehead atoms. The number of imidazole rings is 2. The van der Waals surface area contributed by atoms with Crippen molar-refractivity contribution in [1.82, 2.24) is 18.8 Å². The van der Waals surface area contributed by atoms with Crippen molar-refractivity contribution in [3.05, 3.63) is 93.5 Å². The second-order valence-electron chi connectivity index (χ2n) is 19.5. The Morgan fingerprint density at radius 3 is 0.971 bits per heavy atom. The maximum absolute atomic E-state index is 14.9. The SMILES string of the molecule is CCCCCCOc1cc2nc3c4ccc5c6ccc7c(=O)n8c9cc(OCCCCCC)c(OCCCCCC)cc9nc8c8ccc(c9ccc(c(=O)n3c2cc1OCCCCCC)c4c95)c6c78. The monoisotopic (exact) mass is 936 g/mol. The number of aromatic nitrogens is 4. The van der Waals surface area contributed by atoms with E-state index in [1.54, 1.807) is 8.80 Å². The quantitative estimate of drug-likeness (QED) is 0.0335. The van der Waals surface area contributed by atoms with E-state index in [4.69, 9.17) is 28.9 Å². The van der Waals surface area contributed by atoms with Gasteiger partial charge >= 0.3 is 0 Å². The number of hydrogen-bond acceptors (Lipinski definition) is 8. The van der Waals surface area contributed by atoms with Crippen LogP contribution in [-0.2, 0) is 0 Å². The zero-order valence-corrected chi connectivity index (χ0v) is 41.3. The van der Waals surface area contributed by atoms with Crippen LogP contribution in [0.4, 0.5) is 0 Å². The lowest BCUT2D eigenvalue weighted by Gasteiger charge is -2.18. The predicted molar refractivity (Wildman–Crippen MR) is 289 cm³/mol. The van der Waals surface area contributed by atoms with Crippen molar-refractivity contribution in [3.8, 4) is 23.0 Å². The van der Waals surface area contributed by atoms with E-state index in [9.17, 15) is 9.59 Å². The highest BCUT2D eigenvalue weighted by atomic mass is 16.5. The largest absolute Gasteiger partial charge is 0.490 e. The lowest BCUT2D eigenvalue weighted by atomic mass is 9.86. The van der Waals surface area contributed by atoms with Crippen LogP contribution in [-0.4, -0.2) is 45.2 Å². The second kappa shape index (κ2) is 19.6. The van der Waals surface area contributed by atoms with Gasteiger partial charge in [-0.3, -0.25) is 18.4 Å². The van der Waals surface area contributed by atoms with Gasteiger partial charge in [-0.15, -0.1) is 0 Å². The summed E-state index contributed by atoms with van der Waals surface area (Å²) in [6.45, 7) is 11.2. The molecule has 0 atom stereocenters. The Balaban J connectivity index is 1.06. The Morgan fingerprint density at radius 2 is 0.643 bits per heavy atom. The highest BCUT2D eigenvalue weighted by Crippen LogP contribution is 2.46. The first-order valence-corrected chi connectivity index (χ1v) is 26.4. The first-order valence-electron chi connectivity index (χ1n) is 26.4. The number of nitrogens with zero attached hydrogens (tertiary/aromatic N) is 4. The van der Waals surface area contributed by atoms with Gasteiger partial charge in [0.15, 0.2) is 23.0 Å². The van der Waals surface area contributed by atoms with Gasteiger partial charge in [0.2, 0.25) is 0 Å². The van der Waals surface area contributed by atoms with Crippen molar-refractivity contribution in [3.63, 3.8) is 0 Å². The highest BCUT2D eigenvalue weighted by Gasteiger charge is 2.25.